The van der Waals surface area contributed by atoms with E-state index in [9.17, 15) is 8.42 Å². The smallest absolute Gasteiger partial charge is 0.249 e. The number of hydrogen-bond donors (Lipinski definition) is 2. The van der Waals surface area contributed by atoms with E-state index >= 15 is 0 Å². The van der Waals surface area contributed by atoms with Gasteiger partial charge >= 0.3 is 0 Å². The maximum Gasteiger partial charge on any atom is 0.249 e. The summed E-state index contributed by atoms with van der Waals surface area (Å²) >= 11 is 2.69. The van der Waals surface area contributed by atoms with Gasteiger partial charge in [-0.25, -0.2) is 23.5 Å². The topological polar surface area (TPSA) is 98.0 Å². The van der Waals surface area contributed by atoms with Gasteiger partial charge in [-0.15, -0.1) is 11.3 Å². The monoisotopic (exact) mass is 346 g/mol. The Kier molecular flexibility index (Phi) is 4.66. The van der Waals surface area contributed by atoms with Gasteiger partial charge in [0.15, 0.2) is 9.34 Å². The van der Waals surface area contributed by atoms with E-state index in [0.717, 1.165) is 28.5 Å². The molecule has 2 aromatic rings. The lowest BCUT2D eigenvalue weighted by Gasteiger charge is -2.13. The van der Waals surface area contributed by atoms with Crippen LogP contribution in [-0.2, 0) is 21.9 Å². The van der Waals surface area contributed by atoms with Crippen LogP contribution in [0.25, 0.3) is 0 Å². The Morgan fingerprint density at radius 1 is 1.38 bits per heavy atom. The summed E-state index contributed by atoms with van der Waals surface area (Å²) in [6, 6.07) is 0. The van der Waals surface area contributed by atoms with Crippen LogP contribution in [-0.4, -0.2) is 24.9 Å². The molecule has 116 valence electrons. The molecule has 2 heterocycles. The number of nitrogens with one attached hydrogen (secondary N) is 1. The van der Waals surface area contributed by atoms with Gasteiger partial charge in [0, 0.05) is 23.8 Å². The summed E-state index contributed by atoms with van der Waals surface area (Å²) in [6.45, 7) is 7.06. The largest absolute Gasteiger partial charge is 0.361 e. The Hall–Kier alpha value is -1.03. The second-order valence-electron chi connectivity index (χ2n) is 5.60. The van der Waals surface area contributed by atoms with Crippen LogP contribution in [0, 0.1) is 0 Å². The van der Waals surface area contributed by atoms with Crippen molar-refractivity contribution in [3.8, 4) is 0 Å². The number of aromatic nitrogens is 2. The molecule has 0 atom stereocenters. The predicted molar refractivity (Wildman–Crippen MR) is 86.5 cm³/mol. The van der Waals surface area contributed by atoms with E-state index in [1.807, 2.05) is 0 Å². The summed E-state index contributed by atoms with van der Waals surface area (Å²) in [5, 5.41) is 11.8. The van der Waals surface area contributed by atoms with Crippen molar-refractivity contribution in [2.45, 2.75) is 36.8 Å². The molecule has 21 heavy (non-hydrogen) atoms. The average Bonchev–Trinajstić information content (AvgIpc) is 2.95. The Balaban J connectivity index is 1.90. The molecular formula is C12H18N4O2S3. The van der Waals surface area contributed by atoms with Crippen molar-refractivity contribution in [1.29, 1.82) is 0 Å². The lowest BCUT2D eigenvalue weighted by molar-refractivity contribution is 0.583. The quantitative estimate of drug-likeness (QED) is 0.865. The van der Waals surface area contributed by atoms with Crippen LogP contribution in [0.4, 0.5) is 5.13 Å². The molecule has 0 aliphatic carbocycles. The number of sulfonamides is 1. The lowest BCUT2D eigenvalue weighted by atomic mass is 9.98. The van der Waals surface area contributed by atoms with Gasteiger partial charge in [-0.3, -0.25) is 0 Å². The summed E-state index contributed by atoms with van der Waals surface area (Å²) < 4.78 is 22.4. The molecule has 0 fully saturated rings. The first-order valence-electron chi connectivity index (χ1n) is 6.33. The fourth-order valence-electron chi connectivity index (χ4n) is 1.54. The molecule has 9 heteroatoms. The van der Waals surface area contributed by atoms with Gasteiger partial charge in [-0.1, -0.05) is 32.1 Å². The Labute approximate surface area is 132 Å². The van der Waals surface area contributed by atoms with Crippen LogP contribution in [0.3, 0.4) is 0 Å². The van der Waals surface area contributed by atoms with E-state index in [2.05, 4.69) is 41.4 Å². The van der Waals surface area contributed by atoms with Crippen LogP contribution in [0.1, 0.15) is 31.5 Å². The fourth-order valence-corrected chi connectivity index (χ4v) is 3.95. The molecule has 6 nitrogen and oxygen atoms in total. The Morgan fingerprint density at radius 3 is 2.62 bits per heavy atom. The maximum absolute atomic E-state index is 11.2. The zero-order valence-electron chi connectivity index (χ0n) is 12.1. The maximum atomic E-state index is 11.2. The third-order valence-corrected chi connectivity index (χ3v) is 6.30. The normalized spacial score (nSPS) is 12.6. The number of thiazole rings is 2. The van der Waals surface area contributed by atoms with Crippen molar-refractivity contribution < 1.29 is 8.42 Å². The summed E-state index contributed by atoms with van der Waals surface area (Å²) in [5.74, 6) is 0. The minimum atomic E-state index is -3.67. The molecule has 0 radical (unpaired) electrons. The standard InChI is InChI=1S/C12H18N4O2S3/c1-12(2,3)10-16-8(7-19-10)4-5-14-11-15-6-9(20-11)21(13,17)18/h6-7H,4-5H2,1-3H3,(H,14,15)(H2,13,17,18). The molecular weight excluding hydrogens is 328 g/mol. The van der Waals surface area contributed by atoms with E-state index in [4.69, 9.17) is 5.14 Å². The van der Waals surface area contributed by atoms with Gasteiger partial charge in [-0.05, 0) is 0 Å². The molecule has 2 rings (SSSR count). The zero-order valence-corrected chi connectivity index (χ0v) is 14.5. The first-order valence-corrected chi connectivity index (χ1v) is 9.58. The first kappa shape index (κ1) is 16.3. The van der Waals surface area contributed by atoms with Crippen molar-refractivity contribution in [2.75, 3.05) is 11.9 Å². The van der Waals surface area contributed by atoms with E-state index in [-0.39, 0.29) is 9.62 Å². The summed E-state index contributed by atoms with van der Waals surface area (Å²) in [4.78, 5) is 8.59. The van der Waals surface area contributed by atoms with Gasteiger partial charge in [0.2, 0.25) is 10.0 Å². The molecule has 0 spiro atoms. The van der Waals surface area contributed by atoms with Gasteiger partial charge in [-0.2, -0.15) is 0 Å². The third-order valence-electron chi connectivity index (χ3n) is 2.62. The van der Waals surface area contributed by atoms with Crippen LogP contribution in [0.5, 0.6) is 0 Å². The molecule has 0 aliphatic rings. The van der Waals surface area contributed by atoms with Gasteiger partial charge in [0.25, 0.3) is 0 Å². The highest BCUT2D eigenvalue weighted by molar-refractivity contribution is 7.91. The van der Waals surface area contributed by atoms with Gasteiger partial charge < -0.3 is 5.32 Å². The summed E-state index contributed by atoms with van der Waals surface area (Å²) in [6.07, 6.45) is 2.03. The predicted octanol–water partition coefficient (Wildman–Crippen LogP) is 2.20. The van der Waals surface area contributed by atoms with Crippen molar-refractivity contribution in [3.63, 3.8) is 0 Å². The summed E-state index contributed by atoms with van der Waals surface area (Å²) in [5.41, 5.74) is 1.09. The minimum absolute atomic E-state index is 0.0636. The number of hydrogen-bond acceptors (Lipinski definition) is 7. The van der Waals surface area contributed by atoms with Crippen LogP contribution < -0.4 is 10.5 Å². The molecule has 0 aliphatic heterocycles. The molecule has 0 aromatic carbocycles. The van der Waals surface area contributed by atoms with E-state index in [1.165, 1.54) is 6.20 Å². The minimum Gasteiger partial charge on any atom is -0.361 e. The van der Waals surface area contributed by atoms with Gasteiger partial charge in [0.1, 0.15) is 0 Å². The Bertz CT molecular complexity index is 713. The molecule has 0 amide bonds. The van der Waals surface area contributed by atoms with Crippen molar-refractivity contribution in [2.24, 2.45) is 5.14 Å². The molecule has 0 bridgehead atoms. The highest BCUT2D eigenvalue weighted by Crippen LogP contribution is 2.26. The lowest BCUT2D eigenvalue weighted by Crippen LogP contribution is -2.11. The third kappa shape index (κ3) is 4.47. The number of primary sulfonamides is 1. The molecule has 2 aromatic heterocycles. The number of anilines is 1. The second-order valence-corrected chi connectivity index (χ2v) is 9.28. The van der Waals surface area contributed by atoms with Crippen LogP contribution in [0.2, 0.25) is 0 Å². The SMILES string of the molecule is CC(C)(C)c1nc(CCNc2ncc(S(N)(=O)=O)s2)cs1. The molecule has 0 saturated heterocycles. The van der Waals surface area contributed by atoms with E-state index in [0.29, 0.717) is 11.7 Å². The van der Waals surface area contributed by atoms with E-state index in [1.54, 1.807) is 11.3 Å². The summed E-state index contributed by atoms with van der Waals surface area (Å²) in [7, 11) is -3.67. The number of rotatable bonds is 5. The van der Waals surface area contributed by atoms with Crippen LogP contribution in [0.15, 0.2) is 15.8 Å². The number of nitrogens with two attached hydrogens (primary N) is 1. The van der Waals surface area contributed by atoms with Crippen molar-refractivity contribution in [1.82, 2.24) is 9.97 Å². The molecule has 0 saturated carbocycles. The highest BCUT2D eigenvalue weighted by atomic mass is 32.2. The van der Waals surface area contributed by atoms with Gasteiger partial charge in [0.05, 0.1) is 16.9 Å². The Morgan fingerprint density at radius 2 is 2.10 bits per heavy atom. The van der Waals surface area contributed by atoms with E-state index < -0.39 is 10.0 Å². The fraction of sp³-hybridized carbons (Fsp3) is 0.500. The average molecular weight is 347 g/mol. The van der Waals surface area contributed by atoms with Crippen molar-refractivity contribution in [3.05, 3.63) is 22.3 Å². The number of nitrogens with zero attached hydrogens (tertiary/aromatic N) is 2. The van der Waals surface area contributed by atoms with Crippen LogP contribution >= 0.6 is 22.7 Å². The highest BCUT2D eigenvalue weighted by Gasteiger charge is 2.18. The molecule has 3 N–H and O–H groups in total. The second kappa shape index (κ2) is 5.99. The molecule has 0 unspecified atom stereocenters. The zero-order chi connectivity index (χ0) is 15.7. The van der Waals surface area contributed by atoms with Crippen molar-refractivity contribution >= 4 is 37.8 Å². The first-order chi connectivity index (χ1) is 9.66.